The number of nitrogen functional groups attached to an aromatic ring is 1. The molecule has 106 valence electrons. The summed E-state index contributed by atoms with van der Waals surface area (Å²) in [6, 6.07) is 6.08. The van der Waals surface area contributed by atoms with E-state index in [4.69, 9.17) is 5.73 Å². The highest BCUT2D eigenvalue weighted by atomic mass is 16.1. The van der Waals surface area contributed by atoms with Gasteiger partial charge in [0.15, 0.2) is 0 Å². The maximum Gasteiger partial charge on any atom is 0.224 e. The fraction of sp³-hybridized carbons (Fsp3) is 0.533. The predicted molar refractivity (Wildman–Crippen MR) is 81.2 cm³/mol. The quantitative estimate of drug-likeness (QED) is 0.776. The molecule has 0 unspecified atom stereocenters. The Kier molecular flexibility index (Phi) is 5.83. The number of nitrogens with one attached hydrogen (secondary N) is 1. The molecule has 1 aromatic rings. The zero-order chi connectivity index (χ0) is 14.4. The van der Waals surface area contributed by atoms with Crippen molar-refractivity contribution in [2.24, 2.45) is 0 Å². The SMILES string of the molecule is Cc1c(N)cccc1NC(=O)CCCN(C)C(C)C. The van der Waals surface area contributed by atoms with Crippen molar-refractivity contribution in [3.8, 4) is 0 Å². The van der Waals surface area contributed by atoms with E-state index in [0.29, 0.717) is 18.2 Å². The Morgan fingerprint density at radius 1 is 1.42 bits per heavy atom. The van der Waals surface area contributed by atoms with Crippen LogP contribution in [0.1, 0.15) is 32.3 Å². The highest BCUT2D eigenvalue weighted by Crippen LogP contribution is 2.20. The molecule has 0 bridgehead atoms. The van der Waals surface area contributed by atoms with Crippen molar-refractivity contribution in [1.82, 2.24) is 4.90 Å². The van der Waals surface area contributed by atoms with E-state index in [9.17, 15) is 4.79 Å². The van der Waals surface area contributed by atoms with Gasteiger partial charge in [-0.1, -0.05) is 6.07 Å². The van der Waals surface area contributed by atoms with Crippen LogP contribution in [-0.4, -0.2) is 30.4 Å². The van der Waals surface area contributed by atoms with Crippen molar-refractivity contribution in [3.05, 3.63) is 23.8 Å². The molecule has 0 aliphatic heterocycles. The lowest BCUT2D eigenvalue weighted by atomic mass is 10.1. The second-order valence-electron chi connectivity index (χ2n) is 5.25. The number of amides is 1. The summed E-state index contributed by atoms with van der Waals surface area (Å²) in [4.78, 5) is 14.1. The first-order chi connectivity index (χ1) is 8.91. The third-order valence-electron chi connectivity index (χ3n) is 3.45. The van der Waals surface area contributed by atoms with Crippen molar-refractivity contribution in [2.75, 3.05) is 24.6 Å². The van der Waals surface area contributed by atoms with Crippen molar-refractivity contribution < 1.29 is 4.79 Å². The first-order valence-electron chi connectivity index (χ1n) is 6.77. The van der Waals surface area contributed by atoms with Crippen molar-refractivity contribution in [1.29, 1.82) is 0 Å². The number of hydrogen-bond donors (Lipinski definition) is 2. The lowest BCUT2D eigenvalue weighted by Crippen LogP contribution is -2.28. The minimum Gasteiger partial charge on any atom is -0.398 e. The van der Waals surface area contributed by atoms with Gasteiger partial charge in [-0.2, -0.15) is 0 Å². The second kappa shape index (κ2) is 7.14. The Morgan fingerprint density at radius 3 is 2.74 bits per heavy atom. The molecular formula is C15H25N3O. The van der Waals surface area contributed by atoms with Crippen molar-refractivity contribution in [2.45, 2.75) is 39.7 Å². The molecular weight excluding hydrogens is 238 g/mol. The van der Waals surface area contributed by atoms with Crippen LogP contribution in [0.2, 0.25) is 0 Å². The maximum absolute atomic E-state index is 11.9. The molecule has 0 aliphatic carbocycles. The molecule has 0 saturated carbocycles. The van der Waals surface area contributed by atoms with Gasteiger partial charge in [-0.3, -0.25) is 4.79 Å². The molecule has 4 heteroatoms. The molecule has 0 spiro atoms. The fourth-order valence-corrected chi connectivity index (χ4v) is 1.75. The van der Waals surface area contributed by atoms with Crippen LogP contribution >= 0.6 is 0 Å². The van der Waals surface area contributed by atoms with E-state index in [1.807, 2.05) is 25.1 Å². The Labute approximate surface area is 116 Å². The monoisotopic (exact) mass is 263 g/mol. The zero-order valence-electron chi connectivity index (χ0n) is 12.4. The molecule has 1 amide bonds. The molecule has 0 saturated heterocycles. The molecule has 3 N–H and O–H groups in total. The van der Waals surface area contributed by atoms with Crippen molar-refractivity contribution >= 4 is 17.3 Å². The summed E-state index contributed by atoms with van der Waals surface area (Å²) in [5.74, 6) is 0.0471. The molecule has 0 heterocycles. The van der Waals surface area contributed by atoms with Crippen LogP contribution in [0.5, 0.6) is 0 Å². The van der Waals surface area contributed by atoms with Gasteiger partial charge < -0.3 is 16.0 Å². The van der Waals surface area contributed by atoms with Crippen LogP contribution < -0.4 is 11.1 Å². The highest BCUT2D eigenvalue weighted by molar-refractivity contribution is 5.92. The normalized spacial score (nSPS) is 11.1. The third-order valence-corrected chi connectivity index (χ3v) is 3.45. The van der Waals surface area contributed by atoms with Gasteiger partial charge >= 0.3 is 0 Å². The van der Waals surface area contributed by atoms with Gasteiger partial charge in [0.25, 0.3) is 0 Å². The lowest BCUT2D eigenvalue weighted by Gasteiger charge is -2.20. The molecule has 1 aromatic carbocycles. The van der Waals surface area contributed by atoms with Crippen LogP contribution in [0.3, 0.4) is 0 Å². The molecule has 4 nitrogen and oxygen atoms in total. The first-order valence-corrected chi connectivity index (χ1v) is 6.77. The minimum absolute atomic E-state index is 0.0471. The van der Waals surface area contributed by atoms with E-state index in [1.54, 1.807) is 0 Å². The van der Waals surface area contributed by atoms with Gasteiger partial charge in [0, 0.05) is 23.8 Å². The number of hydrogen-bond acceptors (Lipinski definition) is 3. The van der Waals surface area contributed by atoms with E-state index in [-0.39, 0.29) is 5.91 Å². The number of rotatable bonds is 6. The summed E-state index contributed by atoms with van der Waals surface area (Å²) >= 11 is 0. The number of carbonyl (C=O) groups excluding carboxylic acids is 1. The molecule has 0 radical (unpaired) electrons. The lowest BCUT2D eigenvalue weighted by molar-refractivity contribution is -0.116. The summed E-state index contributed by atoms with van der Waals surface area (Å²) in [5, 5.41) is 2.92. The van der Waals surface area contributed by atoms with Gasteiger partial charge in [-0.05, 0) is 58.5 Å². The predicted octanol–water partition coefficient (Wildman–Crippen LogP) is 2.64. The topological polar surface area (TPSA) is 58.4 Å². The standard InChI is InChI=1S/C15H25N3O/c1-11(2)18(4)10-6-9-15(19)17-14-8-5-7-13(16)12(14)3/h5,7-8,11H,6,9-10,16H2,1-4H3,(H,17,19). The van der Waals surface area contributed by atoms with Gasteiger partial charge in [-0.15, -0.1) is 0 Å². The smallest absolute Gasteiger partial charge is 0.224 e. The van der Waals surface area contributed by atoms with Gasteiger partial charge in [0.2, 0.25) is 5.91 Å². The van der Waals surface area contributed by atoms with Gasteiger partial charge in [-0.25, -0.2) is 0 Å². The average molecular weight is 263 g/mol. The maximum atomic E-state index is 11.9. The molecule has 0 atom stereocenters. The Bertz CT molecular complexity index is 429. The Balaban J connectivity index is 2.41. The van der Waals surface area contributed by atoms with Crippen LogP contribution in [-0.2, 0) is 4.79 Å². The van der Waals surface area contributed by atoms with Crippen molar-refractivity contribution in [3.63, 3.8) is 0 Å². The molecule has 0 fully saturated rings. The summed E-state index contributed by atoms with van der Waals surface area (Å²) in [6.07, 6.45) is 1.40. The number of anilines is 2. The zero-order valence-corrected chi connectivity index (χ0v) is 12.4. The fourth-order valence-electron chi connectivity index (χ4n) is 1.75. The summed E-state index contributed by atoms with van der Waals surface area (Å²) in [5.41, 5.74) is 8.25. The molecule has 19 heavy (non-hydrogen) atoms. The Hall–Kier alpha value is -1.55. The second-order valence-corrected chi connectivity index (χ2v) is 5.25. The largest absolute Gasteiger partial charge is 0.398 e. The van der Waals surface area contributed by atoms with E-state index < -0.39 is 0 Å². The number of carbonyl (C=O) groups is 1. The number of nitrogens with zero attached hydrogens (tertiary/aromatic N) is 1. The van der Waals surface area contributed by atoms with Crippen LogP contribution in [0, 0.1) is 6.92 Å². The summed E-state index contributed by atoms with van der Waals surface area (Å²) < 4.78 is 0. The molecule has 0 aromatic heterocycles. The van der Waals surface area contributed by atoms with Gasteiger partial charge in [0.05, 0.1) is 0 Å². The highest BCUT2D eigenvalue weighted by Gasteiger charge is 2.08. The molecule has 1 rings (SSSR count). The minimum atomic E-state index is 0.0471. The van der Waals surface area contributed by atoms with E-state index >= 15 is 0 Å². The molecule has 0 aliphatic rings. The third kappa shape index (κ3) is 4.91. The van der Waals surface area contributed by atoms with Crippen LogP contribution in [0.4, 0.5) is 11.4 Å². The number of nitrogens with two attached hydrogens (primary N) is 1. The van der Waals surface area contributed by atoms with E-state index in [0.717, 1.165) is 24.2 Å². The van der Waals surface area contributed by atoms with E-state index in [1.165, 1.54) is 0 Å². The van der Waals surface area contributed by atoms with Crippen LogP contribution in [0.25, 0.3) is 0 Å². The summed E-state index contributed by atoms with van der Waals surface area (Å²) in [6.45, 7) is 7.14. The van der Waals surface area contributed by atoms with Gasteiger partial charge in [0.1, 0.15) is 0 Å². The average Bonchev–Trinajstić information content (AvgIpc) is 2.34. The summed E-state index contributed by atoms with van der Waals surface area (Å²) in [7, 11) is 2.07. The number of benzene rings is 1. The Morgan fingerprint density at radius 2 is 2.11 bits per heavy atom. The first kappa shape index (κ1) is 15.5. The van der Waals surface area contributed by atoms with E-state index in [2.05, 4.69) is 31.1 Å². The van der Waals surface area contributed by atoms with Crippen LogP contribution in [0.15, 0.2) is 18.2 Å².